The second kappa shape index (κ2) is 20.3. The number of nitrogens with one attached hydrogen (secondary N) is 2. The third-order valence-electron chi connectivity index (χ3n) is 4.68. The number of allylic oxidation sites excluding steroid dienone is 1. The van der Waals surface area contributed by atoms with Gasteiger partial charge in [-0.15, -0.1) is 0 Å². The van der Waals surface area contributed by atoms with Crippen molar-refractivity contribution in [2.45, 2.75) is 84.0 Å². The molecule has 0 bridgehead atoms. The van der Waals surface area contributed by atoms with Crippen LogP contribution in [0.25, 0.3) is 0 Å². The van der Waals surface area contributed by atoms with E-state index in [2.05, 4.69) is 17.6 Å². The van der Waals surface area contributed by atoms with Gasteiger partial charge in [-0.2, -0.15) is 0 Å². The standard InChI is InChI=1S/C22H42N2O4/c1-2-3-4-5-6-7-8-9-10-11-12-13-14-20(22(28)24-16-18-26)19-21(27)23-15-17-25/h13-14,20,25-26H,2-12,15-19H2,1H3,(H,23,27)(H,24,28)/b14-13+. The smallest absolute Gasteiger partial charge is 0.227 e. The highest BCUT2D eigenvalue weighted by Gasteiger charge is 2.18. The second-order valence-electron chi connectivity index (χ2n) is 7.30. The van der Waals surface area contributed by atoms with Crippen molar-refractivity contribution in [1.29, 1.82) is 0 Å². The number of rotatable bonds is 19. The van der Waals surface area contributed by atoms with Gasteiger partial charge >= 0.3 is 0 Å². The number of aliphatic hydroxyl groups is 2. The molecule has 0 saturated heterocycles. The summed E-state index contributed by atoms with van der Waals surface area (Å²) in [5.74, 6) is -1.07. The molecule has 0 fully saturated rings. The van der Waals surface area contributed by atoms with Gasteiger partial charge < -0.3 is 20.8 Å². The lowest BCUT2D eigenvalue weighted by Crippen LogP contribution is -2.36. The number of carbonyl (C=O) groups excluding carboxylic acids is 2. The maximum atomic E-state index is 12.1. The first-order valence-electron chi connectivity index (χ1n) is 11.1. The zero-order valence-corrected chi connectivity index (χ0v) is 17.8. The molecule has 0 aromatic heterocycles. The first-order chi connectivity index (χ1) is 13.7. The summed E-state index contributed by atoms with van der Waals surface area (Å²) in [6.45, 7) is 2.36. The molecule has 4 N–H and O–H groups in total. The van der Waals surface area contributed by atoms with E-state index in [0.29, 0.717) is 0 Å². The van der Waals surface area contributed by atoms with Gasteiger partial charge in [-0.05, 0) is 12.8 Å². The van der Waals surface area contributed by atoms with E-state index >= 15 is 0 Å². The van der Waals surface area contributed by atoms with E-state index < -0.39 is 5.92 Å². The summed E-state index contributed by atoms with van der Waals surface area (Å²) < 4.78 is 0. The molecule has 1 unspecified atom stereocenters. The fourth-order valence-electron chi connectivity index (χ4n) is 3.04. The van der Waals surface area contributed by atoms with Crippen LogP contribution < -0.4 is 10.6 Å². The molecule has 0 aliphatic heterocycles. The van der Waals surface area contributed by atoms with Gasteiger partial charge in [0.2, 0.25) is 11.8 Å². The zero-order valence-electron chi connectivity index (χ0n) is 17.8. The molecule has 6 heteroatoms. The SMILES string of the molecule is CCCCCCCCCCCC/C=C/C(CC(=O)NCCO)C(=O)NCCO. The molecule has 0 aromatic carbocycles. The van der Waals surface area contributed by atoms with Crippen molar-refractivity contribution in [3.63, 3.8) is 0 Å². The summed E-state index contributed by atoms with van der Waals surface area (Å²) in [4.78, 5) is 24.0. The van der Waals surface area contributed by atoms with E-state index in [0.717, 1.165) is 12.8 Å². The number of unbranched alkanes of at least 4 members (excludes halogenated alkanes) is 10. The van der Waals surface area contributed by atoms with Gasteiger partial charge in [-0.25, -0.2) is 0 Å². The van der Waals surface area contributed by atoms with Gasteiger partial charge in [-0.1, -0.05) is 76.9 Å². The second-order valence-corrected chi connectivity index (χ2v) is 7.30. The Labute approximate surface area is 171 Å². The molecular weight excluding hydrogens is 356 g/mol. The summed E-state index contributed by atoms with van der Waals surface area (Å²) >= 11 is 0. The van der Waals surface area contributed by atoms with Crippen molar-refractivity contribution in [3.05, 3.63) is 12.2 Å². The monoisotopic (exact) mass is 398 g/mol. The molecule has 1 atom stereocenters. The first-order valence-corrected chi connectivity index (χ1v) is 11.1. The van der Waals surface area contributed by atoms with Crippen molar-refractivity contribution in [2.75, 3.05) is 26.3 Å². The average Bonchev–Trinajstić information content (AvgIpc) is 2.70. The van der Waals surface area contributed by atoms with E-state index in [4.69, 9.17) is 10.2 Å². The summed E-state index contributed by atoms with van der Waals surface area (Å²) in [6, 6.07) is 0. The Kier molecular flexibility index (Phi) is 19.3. The van der Waals surface area contributed by atoms with Crippen LogP contribution in [0.15, 0.2) is 12.2 Å². The number of amides is 2. The first kappa shape index (κ1) is 26.6. The summed E-state index contributed by atoms with van der Waals surface area (Å²) in [7, 11) is 0. The lowest BCUT2D eigenvalue weighted by atomic mass is 10.0. The minimum Gasteiger partial charge on any atom is -0.395 e. The molecule has 0 spiro atoms. The fourth-order valence-corrected chi connectivity index (χ4v) is 3.04. The molecule has 0 aromatic rings. The van der Waals surface area contributed by atoms with E-state index in [1.165, 1.54) is 57.8 Å². The van der Waals surface area contributed by atoms with Crippen LogP contribution in [0.3, 0.4) is 0 Å². The molecule has 6 nitrogen and oxygen atoms in total. The van der Waals surface area contributed by atoms with Crippen LogP contribution >= 0.6 is 0 Å². The molecule has 0 saturated carbocycles. The number of aliphatic hydroxyl groups excluding tert-OH is 2. The Bertz CT molecular complexity index is 413. The molecule has 0 aliphatic carbocycles. The normalized spacial score (nSPS) is 12.2. The van der Waals surface area contributed by atoms with E-state index in [-0.39, 0.29) is 44.5 Å². The Morgan fingerprint density at radius 2 is 1.36 bits per heavy atom. The lowest BCUT2D eigenvalue weighted by molar-refractivity contribution is -0.129. The molecule has 0 aliphatic rings. The van der Waals surface area contributed by atoms with Gasteiger partial charge in [0, 0.05) is 19.5 Å². The molecule has 0 heterocycles. The van der Waals surface area contributed by atoms with Crippen molar-refractivity contribution >= 4 is 11.8 Å². The summed E-state index contributed by atoms with van der Waals surface area (Å²) in [5, 5.41) is 22.8. The fraction of sp³-hybridized carbons (Fsp3) is 0.818. The number of hydrogen-bond acceptors (Lipinski definition) is 4. The predicted molar refractivity (Wildman–Crippen MR) is 114 cm³/mol. The van der Waals surface area contributed by atoms with E-state index in [1.54, 1.807) is 6.08 Å². The number of carbonyl (C=O) groups is 2. The zero-order chi connectivity index (χ0) is 20.9. The third-order valence-corrected chi connectivity index (χ3v) is 4.68. The Morgan fingerprint density at radius 1 is 0.821 bits per heavy atom. The Morgan fingerprint density at radius 3 is 1.93 bits per heavy atom. The van der Waals surface area contributed by atoms with Gasteiger partial charge in [0.25, 0.3) is 0 Å². The predicted octanol–water partition coefficient (Wildman–Crippen LogP) is 3.08. The molecule has 28 heavy (non-hydrogen) atoms. The quantitative estimate of drug-likeness (QED) is 0.198. The van der Waals surface area contributed by atoms with E-state index in [9.17, 15) is 9.59 Å². The summed E-state index contributed by atoms with van der Waals surface area (Å²) in [5.41, 5.74) is 0. The maximum Gasteiger partial charge on any atom is 0.227 e. The van der Waals surface area contributed by atoms with Crippen LogP contribution in [0.5, 0.6) is 0 Å². The average molecular weight is 399 g/mol. The maximum absolute atomic E-state index is 12.1. The highest BCUT2D eigenvalue weighted by molar-refractivity contribution is 5.87. The van der Waals surface area contributed by atoms with Crippen LogP contribution in [0.2, 0.25) is 0 Å². The van der Waals surface area contributed by atoms with Gasteiger partial charge in [0.1, 0.15) is 0 Å². The third kappa shape index (κ3) is 16.8. The summed E-state index contributed by atoms with van der Waals surface area (Å²) in [6.07, 6.45) is 17.6. The highest BCUT2D eigenvalue weighted by Crippen LogP contribution is 2.12. The minimum absolute atomic E-state index is 0.0474. The Hall–Kier alpha value is -1.40. The van der Waals surface area contributed by atoms with Crippen LogP contribution in [0.1, 0.15) is 84.0 Å². The Balaban J connectivity index is 4.00. The van der Waals surface area contributed by atoms with Crippen LogP contribution in [0, 0.1) is 5.92 Å². The van der Waals surface area contributed by atoms with Gasteiger partial charge in [0.15, 0.2) is 0 Å². The van der Waals surface area contributed by atoms with Crippen LogP contribution in [-0.4, -0.2) is 48.3 Å². The molecule has 2 amide bonds. The van der Waals surface area contributed by atoms with Crippen molar-refractivity contribution in [2.24, 2.45) is 5.92 Å². The van der Waals surface area contributed by atoms with Gasteiger partial charge in [0.05, 0.1) is 19.1 Å². The minimum atomic E-state index is -0.548. The van der Waals surface area contributed by atoms with Crippen molar-refractivity contribution in [1.82, 2.24) is 10.6 Å². The van der Waals surface area contributed by atoms with Crippen LogP contribution in [0.4, 0.5) is 0 Å². The van der Waals surface area contributed by atoms with Crippen LogP contribution in [-0.2, 0) is 9.59 Å². The van der Waals surface area contributed by atoms with E-state index in [1.807, 2.05) is 6.08 Å². The molecule has 164 valence electrons. The largest absolute Gasteiger partial charge is 0.395 e. The van der Waals surface area contributed by atoms with Crippen molar-refractivity contribution < 1.29 is 19.8 Å². The molecule has 0 rings (SSSR count). The highest BCUT2D eigenvalue weighted by atomic mass is 16.3. The topological polar surface area (TPSA) is 98.7 Å². The lowest BCUT2D eigenvalue weighted by Gasteiger charge is -2.13. The number of hydrogen-bond donors (Lipinski definition) is 4. The van der Waals surface area contributed by atoms with Gasteiger partial charge in [-0.3, -0.25) is 9.59 Å². The van der Waals surface area contributed by atoms with Crippen molar-refractivity contribution in [3.8, 4) is 0 Å². The molecular formula is C22H42N2O4. The molecule has 0 radical (unpaired) electrons.